The molecular weight excluding hydrogens is 232 g/mol. The molecule has 3 aliphatic heterocycles. The molecule has 1 N–H and O–H groups in total. The highest BCUT2D eigenvalue weighted by Gasteiger charge is 2.38. The third-order valence-corrected chi connectivity index (χ3v) is 4.23. The van der Waals surface area contributed by atoms with Gasteiger partial charge in [0.2, 0.25) is 0 Å². The number of hydrogen-bond acceptors (Lipinski definition) is 5. The molecule has 18 heavy (non-hydrogen) atoms. The van der Waals surface area contributed by atoms with Gasteiger partial charge in [0.05, 0.1) is 13.2 Å². The molecule has 0 aromatic carbocycles. The van der Waals surface area contributed by atoms with E-state index in [1.54, 1.807) is 0 Å². The summed E-state index contributed by atoms with van der Waals surface area (Å²) in [6, 6.07) is 0.553. The van der Waals surface area contributed by atoms with Crippen molar-refractivity contribution in [2.24, 2.45) is 0 Å². The number of carbonyl (C=O) groups is 1. The van der Waals surface area contributed by atoms with Gasteiger partial charge in [0.1, 0.15) is 12.1 Å². The maximum absolute atomic E-state index is 12.2. The van der Waals surface area contributed by atoms with Crippen LogP contribution in [0, 0.1) is 0 Å². The molecule has 3 rings (SSSR count). The smallest absolute Gasteiger partial charge is 0.323 e. The van der Waals surface area contributed by atoms with Gasteiger partial charge in [-0.1, -0.05) is 0 Å². The molecule has 5 nitrogen and oxygen atoms in total. The van der Waals surface area contributed by atoms with Crippen molar-refractivity contribution in [3.05, 3.63) is 0 Å². The van der Waals surface area contributed by atoms with Gasteiger partial charge in [0, 0.05) is 6.04 Å². The van der Waals surface area contributed by atoms with E-state index in [4.69, 9.17) is 9.47 Å². The Morgan fingerprint density at radius 3 is 2.67 bits per heavy atom. The summed E-state index contributed by atoms with van der Waals surface area (Å²) in [6.07, 6.45) is 4.38. The second-order valence-corrected chi connectivity index (χ2v) is 5.47. The monoisotopic (exact) mass is 254 g/mol. The highest BCUT2D eigenvalue weighted by Crippen LogP contribution is 2.26. The average Bonchev–Trinajstić information content (AvgIpc) is 2.84. The van der Waals surface area contributed by atoms with E-state index in [-0.39, 0.29) is 18.1 Å². The van der Waals surface area contributed by atoms with Gasteiger partial charge in [-0.3, -0.25) is 9.69 Å². The van der Waals surface area contributed by atoms with Gasteiger partial charge >= 0.3 is 5.97 Å². The molecule has 3 aliphatic rings. The number of nitrogens with one attached hydrogen (secondary N) is 1. The average molecular weight is 254 g/mol. The zero-order valence-corrected chi connectivity index (χ0v) is 10.8. The molecule has 0 aliphatic carbocycles. The first-order valence-electron chi connectivity index (χ1n) is 7.09. The van der Waals surface area contributed by atoms with Crippen LogP contribution in [0.4, 0.5) is 0 Å². The minimum absolute atomic E-state index is 0.00583. The van der Waals surface area contributed by atoms with Gasteiger partial charge < -0.3 is 14.8 Å². The molecule has 0 amide bonds. The van der Waals surface area contributed by atoms with Gasteiger partial charge in [0.25, 0.3) is 0 Å². The van der Waals surface area contributed by atoms with Crippen LogP contribution >= 0.6 is 0 Å². The fourth-order valence-electron chi connectivity index (χ4n) is 3.14. The van der Waals surface area contributed by atoms with E-state index in [0.717, 1.165) is 45.3 Å². The van der Waals surface area contributed by atoms with Crippen LogP contribution in [-0.4, -0.2) is 61.9 Å². The maximum atomic E-state index is 12.2. The normalized spacial score (nSPS) is 31.2. The van der Waals surface area contributed by atoms with Crippen molar-refractivity contribution in [2.75, 3.05) is 32.8 Å². The summed E-state index contributed by atoms with van der Waals surface area (Å²) in [5, 5.41) is 3.37. The van der Waals surface area contributed by atoms with Gasteiger partial charge in [0.15, 0.2) is 0 Å². The largest absolute Gasteiger partial charge is 0.456 e. The van der Waals surface area contributed by atoms with E-state index in [1.807, 2.05) is 0 Å². The fourth-order valence-corrected chi connectivity index (χ4v) is 3.14. The minimum atomic E-state index is -0.0284. The number of esters is 1. The van der Waals surface area contributed by atoms with Gasteiger partial charge in [-0.15, -0.1) is 0 Å². The van der Waals surface area contributed by atoms with E-state index in [2.05, 4.69) is 10.2 Å². The lowest BCUT2D eigenvalue weighted by Crippen LogP contribution is -2.50. The Kier molecular flexibility index (Phi) is 3.82. The number of hydrogen-bond donors (Lipinski definition) is 1. The lowest BCUT2D eigenvalue weighted by molar-refractivity contribution is -0.177. The van der Waals surface area contributed by atoms with Crippen LogP contribution in [0.15, 0.2) is 0 Å². The molecule has 102 valence electrons. The molecule has 0 radical (unpaired) electrons. The number of ether oxygens (including phenoxy) is 2. The van der Waals surface area contributed by atoms with Gasteiger partial charge in [-0.2, -0.15) is 0 Å². The molecule has 0 aromatic heterocycles. The maximum Gasteiger partial charge on any atom is 0.323 e. The fraction of sp³-hybridized carbons (Fsp3) is 0.923. The molecule has 3 saturated heterocycles. The molecular formula is C13H22N2O3. The van der Waals surface area contributed by atoms with Crippen molar-refractivity contribution < 1.29 is 14.3 Å². The molecule has 0 bridgehead atoms. The van der Waals surface area contributed by atoms with Crippen LogP contribution in [0.25, 0.3) is 0 Å². The highest BCUT2D eigenvalue weighted by molar-refractivity contribution is 5.76. The molecule has 0 saturated carbocycles. The Hall–Kier alpha value is -0.650. The third kappa shape index (κ3) is 2.53. The Labute approximate surface area is 108 Å². The number of likely N-dealkylation sites (tertiary alicyclic amines) is 1. The predicted octanol–water partition coefficient (Wildman–Crippen LogP) is 0.145. The zero-order chi connectivity index (χ0) is 12.4. The van der Waals surface area contributed by atoms with Gasteiger partial charge in [-0.05, 0) is 45.3 Å². The number of piperidine rings is 1. The molecule has 1 unspecified atom stereocenters. The summed E-state index contributed by atoms with van der Waals surface area (Å²) < 4.78 is 10.5. The first-order chi connectivity index (χ1) is 8.84. The lowest BCUT2D eigenvalue weighted by atomic mass is 10.0. The predicted molar refractivity (Wildman–Crippen MR) is 66.3 cm³/mol. The van der Waals surface area contributed by atoms with Crippen LogP contribution < -0.4 is 5.32 Å². The number of nitrogens with zero attached hydrogens (tertiary/aromatic N) is 1. The molecule has 3 fully saturated rings. The van der Waals surface area contributed by atoms with Crippen molar-refractivity contribution in [3.8, 4) is 0 Å². The Balaban J connectivity index is 1.57. The first-order valence-corrected chi connectivity index (χ1v) is 7.09. The SMILES string of the molecule is O=C(OC1COC1)C1CCCN1C1CCNCC1. The van der Waals surface area contributed by atoms with Crippen LogP contribution in [0.3, 0.4) is 0 Å². The van der Waals surface area contributed by atoms with Crippen molar-refractivity contribution in [1.82, 2.24) is 10.2 Å². The van der Waals surface area contributed by atoms with Crippen molar-refractivity contribution in [3.63, 3.8) is 0 Å². The standard InChI is InChI=1S/C13H22N2O3/c16-13(18-11-8-17-9-11)12-2-1-7-15(12)10-3-5-14-6-4-10/h10-12,14H,1-9H2. The Bertz CT molecular complexity index is 301. The molecule has 0 aromatic rings. The number of rotatable bonds is 3. The van der Waals surface area contributed by atoms with Gasteiger partial charge in [-0.25, -0.2) is 0 Å². The Morgan fingerprint density at radius 2 is 2.00 bits per heavy atom. The second-order valence-electron chi connectivity index (χ2n) is 5.47. The van der Waals surface area contributed by atoms with Crippen LogP contribution in [0.1, 0.15) is 25.7 Å². The van der Waals surface area contributed by atoms with E-state index in [0.29, 0.717) is 19.3 Å². The van der Waals surface area contributed by atoms with Crippen LogP contribution in [0.2, 0.25) is 0 Å². The van der Waals surface area contributed by atoms with E-state index < -0.39 is 0 Å². The Morgan fingerprint density at radius 1 is 1.22 bits per heavy atom. The zero-order valence-electron chi connectivity index (χ0n) is 10.8. The van der Waals surface area contributed by atoms with E-state index >= 15 is 0 Å². The van der Waals surface area contributed by atoms with Crippen LogP contribution in [-0.2, 0) is 14.3 Å². The molecule has 1 atom stereocenters. The third-order valence-electron chi connectivity index (χ3n) is 4.23. The second kappa shape index (κ2) is 5.55. The van der Waals surface area contributed by atoms with E-state index in [9.17, 15) is 4.79 Å². The summed E-state index contributed by atoms with van der Waals surface area (Å²) in [7, 11) is 0. The van der Waals surface area contributed by atoms with Crippen molar-refractivity contribution in [2.45, 2.75) is 43.9 Å². The summed E-state index contributed by atoms with van der Waals surface area (Å²) >= 11 is 0. The first kappa shape index (κ1) is 12.4. The van der Waals surface area contributed by atoms with Crippen molar-refractivity contribution >= 4 is 5.97 Å². The number of carbonyl (C=O) groups excluding carboxylic acids is 1. The quantitative estimate of drug-likeness (QED) is 0.726. The summed E-state index contributed by atoms with van der Waals surface area (Å²) in [4.78, 5) is 14.5. The highest BCUT2D eigenvalue weighted by atomic mass is 16.6. The molecule has 3 heterocycles. The summed E-state index contributed by atoms with van der Waals surface area (Å²) in [5.74, 6) is -0.0284. The molecule has 5 heteroatoms. The minimum Gasteiger partial charge on any atom is -0.456 e. The van der Waals surface area contributed by atoms with Crippen molar-refractivity contribution in [1.29, 1.82) is 0 Å². The molecule has 0 spiro atoms. The summed E-state index contributed by atoms with van der Waals surface area (Å²) in [5.41, 5.74) is 0. The topological polar surface area (TPSA) is 50.8 Å². The van der Waals surface area contributed by atoms with Crippen LogP contribution in [0.5, 0.6) is 0 Å². The lowest BCUT2D eigenvalue weighted by Gasteiger charge is -2.36. The van der Waals surface area contributed by atoms with E-state index in [1.165, 1.54) is 0 Å². The summed E-state index contributed by atoms with van der Waals surface area (Å²) in [6.45, 7) is 4.34.